The van der Waals surface area contributed by atoms with Crippen molar-refractivity contribution in [3.8, 4) is 11.8 Å². The Labute approximate surface area is 125 Å². The van der Waals surface area contributed by atoms with Crippen molar-refractivity contribution < 1.29 is 0 Å². The van der Waals surface area contributed by atoms with Crippen LogP contribution in [0.1, 0.15) is 36.6 Å². The van der Waals surface area contributed by atoms with Gasteiger partial charge in [-0.05, 0) is 44.0 Å². The van der Waals surface area contributed by atoms with Gasteiger partial charge in [-0.15, -0.1) is 0 Å². The molecular weight excluding hydrogens is 262 g/mol. The molecule has 0 radical (unpaired) electrons. The molecule has 1 aromatic heterocycles. The van der Waals surface area contributed by atoms with Crippen LogP contribution in [0.15, 0.2) is 18.2 Å². The first kappa shape index (κ1) is 15.2. The summed E-state index contributed by atoms with van der Waals surface area (Å²) < 4.78 is 1.72. The molecule has 21 heavy (non-hydrogen) atoms. The van der Waals surface area contributed by atoms with E-state index >= 15 is 0 Å². The fourth-order valence-corrected chi connectivity index (χ4v) is 2.22. The maximum Gasteiger partial charge on any atom is 0.148 e. The van der Waals surface area contributed by atoms with E-state index in [0.29, 0.717) is 17.3 Å². The van der Waals surface area contributed by atoms with Crippen molar-refractivity contribution in [1.29, 1.82) is 5.26 Å². The number of aryl methyl sites for hydroxylation is 2. The van der Waals surface area contributed by atoms with Gasteiger partial charge in [-0.3, -0.25) is 0 Å². The third-order valence-electron chi connectivity index (χ3n) is 3.17. The summed E-state index contributed by atoms with van der Waals surface area (Å²) >= 11 is 0. The summed E-state index contributed by atoms with van der Waals surface area (Å²) in [6, 6.07) is 8.13. The van der Waals surface area contributed by atoms with Crippen LogP contribution in [-0.4, -0.2) is 21.3 Å². The van der Waals surface area contributed by atoms with E-state index in [1.165, 1.54) is 0 Å². The monoisotopic (exact) mass is 283 g/mol. The molecular formula is C16H21N5. The molecule has 5 heteroatoms. The minimum atomic E-state index is 0.612. The van der Waals surface area contributed by atoms with E-state index in [1.807, 2.05) is 32.0 Å². The normalized spacial score (nSPS) is 10.9. The van der Waals surface area contributed by atoms with Gasteiger partial charge in [0.1, 0.15) is 17.7 Å². The van der Waals surface area contributed by atoms with Gasteiger partial charge in [0.15, 0.2) is 0 Å². The van der Waals surface area contributed by atoms with Crippen molar-refractivity contribution in [3.63, 3.8) is 0 Å². The van der Waals surface area contributed by atoms with E-state index in [-0.39, 0.29) is 0 Å². The lowest BCUT2D eigenvalue weighted by atomic mass is 10.1. The molecule has 0 saturated heterocycles. The zero-order chi connectivity index (χ0) is 15.4. The number of nitriles is 1. The van der Waals surface area contributed by atoms with Crippen molar-refractivity contribution in [2.75, 3.05) is 6.54 Å². The first-order valence-electron chi connectivity index (χ1n) is 7.15. The van der Waals surface area contributed by atoms with Gasteiger partial charge in [-0.25, -0.2) is 9.67 Å². The summed E-state index contributed by atoms with van der Waals surface area (Å²) in [5, 5.41) is 17.1. The van der Waals surface area contributed by atoms with Crippen LogP contribution in [0.4, 0.5) is 0 Å². The second kappa shape index (κ2) is 6.51. The van der Waals surface area contributed by atoms with Crippen LogP contribution in [0, 0.1) is 31.1 Å². The lowest BCUT2D eigenvalue weighted by molar-refractivity contribution is 0.552. The first-order valence-corrected chi connectivity index (χ1v) is 7.15. The summed E-state index contributed by atoms with van der Waals surface area (Å²) in [5.41, 5.74) is 2.50. The Morgan fingerprint density at radius 2 is 2.10 bits per heavy atom. The van der Waals surface area contributed by atoms with Crippen LogP contribution < -0.4 is 5.32 Å². The van der Waals surface area contributed by atoms with Gasteiger partial charge in [0.05, 0.1) is 11.3 Å². The minimum absolute atomic E-state index is 0.612. The molecule has 0 saturated carbocycles. The zero-order valence-corrected chi connectivity index (χ0v) is 13.0. The molecule has 1 aromatic carbocycles. The Balaban J connectivity index is 2.25. The predicted octanol–water partition coefficient (Wildman–Crippen LogP) is 2.50. The fraction of sp³-hybridized carbons (Fsp3) is 0.438. The van der Waals surface area contributed by atoms with Crippen LogP contribution in [-0.2, 0) is 6.54 Å². The molecule has 0 amide bonds. The Hall–Kier alpha value is -2.19. The standard InChI is InChI=1S/C16H21N5/c1-11(2)9-18-10-14-5-6-16(15(7-14)8-17)21-13(4)19-12(3)20-21/h5-7,11,18H,9-10H2,1-4H3. The number of aromatic nitrogens is 3. The lowest BCUT2D eigenvalue weighted by Crippen LogP contribution is -2.19. The average molecular weight is 283 g/mol. The molecule has 110 valence electrons. The minimum Gasteiger partial charge on any atom is -0.312 e. The van der Waals surface area contributed by atoms with Crippen molar-refractivity contribution in [3.05, 3.63) is 41.0 Å². The molecule has 0 spiro atoms. The molecule has 2 aromatic rings. The van der Waals surface area contributed by atoms with Gasteiger partial charge in [0.25, 0.3) is 0 Å². The van der Waals surface area contributed by atoms with E-state index in [4.69, 9.17) is 0 Å². The summed E-state index contributed by atoms with van der Waals surface area (Å²) in [4.78, 5) is 4.28. The molecule has 0 aliphatic heterocycles. The number of benzene rings is 1. The summed E-state index contributed by atoms with van der Waals surface area (Å²) in [7, 11) is 0. The Bertz CT molecular complexity index is 664. The number of nitrogens with one attached hydrogen (secondary N) is 1. The van der Waals surface area contributed by atoms with Gasteiger partial charge in [0.2, 0.25) is 0 Å². The van der Waals surface area contributed by atoms with Crippen LogP contribution in [0.5, 0.6) is 0 Å². The van der Waals surface area contributed by atoms with Crippen LogP contribution in [0.25, 0.3) is 5.69 Å². The van der Waals surface area contributed by atoms with Crippen molar-refractivity contribution >= 4 is 0 Å². The molecule has 1 heterocycles. The predicted molar refractivity (Wildman–Crippen MR) is 82.1 cm³/mol. The molecule has 0 aliphatic carbocycles. The van der Waals surface area contributed by atoms with E-state index in [2.05, 4.69) is 35.3 Å². The quantitative estimate of drug-likeness (QED) is 0.915. The Morgan fingerprint density at radius 3 is 2.67 bits per heavy atom. The van der Waals surface area contributed by atoms with Crippen molar-refractivity contribution in [1.82, 2.24) is 20.1 Å². The zero-order valence-electron chi connectivity index (χ0n) is 13.0. The van der Waals surface area contributed by atoms with E-state index in [1.54, 1.807) is 4.68 Å². The summed E-state index contributed by atoms with van der Waals surface area (Å²) in [6.45, 7) is 9.81. The molecule has 0 atom stereocenters. The molecule has 2 rings (SSSR count). The largest absolute Gasteiger partial charge is 0.312 e. The maximum absolute atomic E-state index is 9.38. The molecule has 0 unspecified atom stereocenters. The van der Waals surface area contributed by atoms with Crippen molar-refractivity contribution in [2.24, 2.45) is 5.92 Å². The van der Waals surface area contributed by atoms with Gasteiger partial charge in [0, 0.05) is 6.54 Å². The van der Waals surface area contributed by atoms with Crippen LogP contribution in [0.3, 0.4) is 0 Å². The lowest BCUT2D eigenvalue weighted by Gasteiger charge is -2.10. The maximum atomic E-state index is 9.38. The number of rotatable bonds is 5. The molecule has 1 N–H and O–H groups in total. The Morgan fingerprint density at radius 1 is 1.33 bits per heavy atom. The SMILES string of the molecule is Cc1nc(C)n(-c2ccc(CNCC(C)C)cc2C#N)n1. The van der Waals surface area contributed by atoms with Crippen LogP contribution >= 0.6 is 0 Å². The number of nitrogens with zero attached hydrogens (tertiary/aromatic N) is 4. The van der Waals surface area contributed by atoms with Gasteiger partial charge in [-0.2, -0.15) is 10.4 Å². The topological polar surface area (TPSA) is 66.5 Å². The molecule has 0 aliphatic rings. The Kier molecular flexibility index (Phi) is 4.71. The smallest absolute Gasteiger partial charge is 0.148 e. The first-order chi connectivity index (χ1) is 10.0. The summed E-state index contributed by atoms with van der Waals surface area (Å²) in [6.07, 6.45) is 0. The number of hydrogen-bond acceptors (Lipinski definition) is 4. The number of hydrogen-bond donors (Lipinski definition) is 1. The molecule has 0 bridgehead atoms. The second-order valence-electron chi connectivity index (χ2n) is 5.61. The summed E-state index contributed by atoms with van der Waals surface area (Å²) in [5.74, 6) is 2.11. The van der Waals surface area contributed by atoms with Gasteiger partial charge in [-0.1, -0.05) is 19.9 Å². The van der Waals surface area contributed by atoms with E-state index in [0.717, 1.165) is 30.2 Å². The fourth-order valence-electron chi connectivity index (χ4n) is 2.22. The highest BCUT2D eigenvalue weighted by atomic mass is 15.3. The second-order valence-corrected chi connectivity index (χ2v) is 5.61. The average Bonchev–Trinajstić information content (AvgIpc) is 2.77. The highest BCUT2D eigenvalue weighted by Gasteiger charge is 2.10. The molecule has 0 fully saturated rings. The highest BCUT2D eigenvalue weighted by Crippen LogP contribution is 2.17. The van der Waals surface area contributed by atoms with Crippen molar-refractivity contribution in [2.45, 2.75) is 34.2 Å². The highest BCUT2D eigenvalue weighted by molar-refractivity contribution is 5.50. The van der Waals surface area contributed by atoms with Gasteiger partial charge >= 0.3 is 0 Å². The molecule has 5 nitrogen and oxygen atoms in total. The van der Waals surface area contributed by atoms with E-state index in [9.17, 15) is 5.26 Å². The van der Waals surface area contributed by atoms with Crippen LogP contribution in [0.2, 0.25) is 0 Å². The van der Waals surface area contributed by atoms with E-state index < -0.39 is 0 Å². The third-order valence-corrected chi connectivity index (χ3v) is 3.17. The third kappa shape index (κ3) is 3.67. The van der Waals surface area contributed by atoms with Gasteiger partial charge < -0.3 is 5.32 Å².